The van der Waals surface area contributed by atoms with Crippen molar-refractivity contribution in [1.82, 2.24) is 30.0 Å². The lowest BCUT2D eigenvalue weighted by Gasteiger charge is -2.23. The smallest absolute Gasteiger partial charge is 0.326 e. The Balaban J connectivity index is 1.52. The zero-order valence-corrected chi connectivity index (χ0v) is 16.4. The molecule has 0 saturated heterocycles. The number of rotatable bonds is 5. The first-order valence-corrected chi connectivity index (χ1v) is 9.53. The van der Waals surface area contributed by atoms with Gasteiger partial charge in [0, 0.05) is 13.1 Å². The van der Waals surface area contributed by atoms with Crippen molar-refractivity contribution >= 4 is 28.9 Å². The highest BCUT2D eigenvalue weighted by molar-refractivity contribution is 5.97. The Morgan fingerprint density at radius 1 is 1.28 bits per heavy atom. The summed E-state index contributed by atoms with van der Waals surface area (Å²) in [6.45, 7) is 0.939. The summed E-state index contributed by atoms with van der Waals surface area (Å²) in [5.74, 6) is -1.53. The number of esters is 1. The number of carbonyl (C=O) groups is 3. The average Bonchev–Trinajstić information content (AvgIpc) is 3.06. The lowest BCUT2D eigenvalue weighted by Crippen LogP contribution is -2.48. The van der Waals surface area contributed by atoms with Gasteiger partial charge in [-0.3, -0.25) is 28.9 Å². The van der Waals surface area contributed by atoms with Crippen molar-refractivity contribution in [3.63, 3.8) is 0 Å². The monoisotopic (exact) mass is 404 g/mol. The highest BCUT2D eigenvalue weighted by atomic mass is 16.5. The Bertz CT molecular complexity index is 975. The van der Waals surface area contributed by atoms with E-state index >= 15 is 0 Å². The molecule has 0 aliphatic heterocycles. The Labute approximate surface area is 166 Å². The predicted octanol–water partition coefficient (Wildman–Crippen LogP) is 0.220. The average molecular weight is 404 g/mol. The highest BCUT2D eigenvalue weighted by Gasteiger charge is 2.22. The molecule has 0 bridgehead atoms. The molecular weight excluding hydrogens is 380 g/mol. The van der Waals surface area contributed by atoms with Crippen LogP contribution in [0.5, 0.6) is 0 Å². The van der Waals surface area contributed by atoms with Crippen LogP contribution in [0.3, 0.4) is 0 Å². The van der Waals surface area contributed by atoms with Gasteiger partial charge in [0.05, 0.1) is 6.20 Å². The van der Waals surface area contributed by atoms with Gasteiger partial charge >= 0.3 is 12.0 Å². The van der Waals surface area contributed by atoms with Crippen molar-refractivity contribution in [1.29, 1.82) is 0 Å². The van der Waals surface area contributed by atoms with Crippen LogP contribution in [0.15, 0.2) is 17.3 Å². The summed E-state index contributed by atoms with van der Waals surface area (Å²) in [5.41, 5.74) is -0.0413. The minimum absolute atomic E-state index is 0.0520. The Kier molecular flexibility index (Phi) is 6.25. The fraction of sp³-hybridized carbons (Fsp3) is 0.556. The van der Waals surface area contributed by atoms with Crippen molar-refractivity contribution < 1.29 is 19.1 Å². The number of amides is 3. The third-order valence-electron chi connectivity index (χ3n) is 4.87. The van der Waals surface area contributed by atoms with Crippen molar-refractivity contribution in [3.05, 3.63) is 22.9 Å². The molecule has 1 fully saturated rings. The maximum absolute atomic E-state index is 12.4. The maximum atomic E-state index is 12.4. The normalized spacial score (nSPS) is 15.7. The lowest BCUT2D eigenvalue weighted by molar-refractivity contribution is -0.155. The van der Waals surface area contributed by atoms with Gasteiger partial charge in [0.2, 0.25) is 0 Å². The van der Waals surface area contributed by atoms with Crippen LogP contribution in [0.4, 0.5) is 4.79 Å². The van der Waals surface area contributed by atoms with Crippen molar-refractivity contribution in [2.75, 3.05) is 0 Å². The molecule has 1 aliphatic rings. The number of ether oxygens (including phenoxy) is 1. The standard InChI is InChI=1S/C18H24N6O5/c1-11(16(26)22-18(28)21-12-6-4-3-5-7-12)29-14(25)9-24-10-19-15-13(17(24)27)8-20-23(15)2/h8,10-12H,3-7,9H2,1-2H3,(H2,21,22,26,28). The summed E-state index contributed by atoms with van der Waals surface area (Å²) < 4.78 is 7.56. The number of urea groups is 1. The minimum atomic E-state index is -1.19. The number of carbonyl (C=O) groups excluding carboxylic acids is 3. The summed E-state index contributed by atoms with van der Waals surface area (Å²) >= 11 is 0. The van der Waals surface area contributed by atoms with Crippen LogP contribution in [-0.4, -0.2) is 49.4 Å². The molecule has 3 rings (SSSR count). The quantitative estimate of drug-likeness (QED) is 0.680. The number of hydrogen-bond donors (Lipinski definition) is 2. The van der Waals surface area contributed by atoms with Crippen LogP contribution in [0.1, 0.15) is 39.0 Å². The van der Waals surface area contributed by atoms with E-state index in [4.69, 9.17) is 4.74 Å². The molecular formula is C18H24N6O5. The first-order chi connectivity index (χ1) is 13.8. The molecule has 1 unspecified atom stereocenters. The van der Waals surface area contributed by atoms with E-state index in [1.54, 1.807) is 7.05 Å². The number of fused-ring (bicyclic) bond motifs is 1. The number of aromatic nitrogens is 4. The van der Waals surface area contributed by atoms with Crippen LogP contribution >= 0.6 is 0 Å². The molecule has 0 spiro atoms. The second-order valence-corrected chi connectivity index (χ2v) is 7.11. The van der Waals surface area contributed by atoms with E-state index in [2.05, 4.69) is 20.7 Å². The third-order valence-corrected chi connectivity index (χ3v) is 4.87. The second-order valence-electron chi connectivity index (χ2n) is 7.11. The zero-order valence-electron chi connectivity index (χ0n) is 16.4. The van der Waals surface area contributed by atoms with Crippen molar-refractivity contribution in [2.24, 2.45) is 7.05 Å². The van der Waals surface area contributed by atoms with Crippen LogP contribution in [0.25, 0.3) is 11.0 Å². The highest BCUT2D eigenvalue weighted by Crippen LogP contribution is 2.17. The van der Waals surface area contributed by atoms with Gasteiger partial charge in [-0.1, -0.05) is 19.3 Å². The summed E-state index contributed by atoms with van der Waals surface area (Å²) in [4.78, 5) is 52.6. The number of hydrogen-bond acceptors (Lipinski definition) is 7. The van der Waals surface area contributed by atoms with E-state index in [0.717, 1.165) is 36.7 Å². The van der Waals surface area contributed by atoms with Crippen LogP contribution in [0, 0.1) is 0 Å². The molecule has 1 atom stereocenters. The van der Waals surface area contributed by atoms with Gasteiger partial charge in [-0.25, -0.2) is 9.78 Å². The molecule has 0 radical (unpaired) electrons. The van der Waals surface area contributed by atoms with E-state index in [1.165, 1.54) is 24.1 Å². The van der Waals surface area contributed by atoms with E-state index in [0.29, 0.717) is 5.65 Å². The first kappa shape index (κ1) is 20.5. The van der Waals surface area contributed by atoms with Gasteiger partial charge in [0.25, 0.3) is 11.5 Å². The molecule has 11 heteroatoms. The SMILES string of the molecule is CC(OC(=O)Cn1cnc2c(cnn2C)c1=O)C(=O)NC(=O)NC1CCCCC1. The molecule has 29 heavy (non-hydrogen) atoms. The number of imide groups is 1. The number of aryl methyl sites for hydroxylation is 1. The van der Waals surface area contributed by atoms with Gasteiger partial charge in [0.15, 0.2) is 11.8 Å². The Morgan fingerprint density at radius 3 is 2.72 bits per heavy atom. The minimum Gasteiger partial charge on any atom is -0.451 e. The number of nitrogens with one attached hydrogen (secondary N) is 2. The Hall–Kier alpha value is -3.24. The van der Waals surface area contributed by atoms with E-state index in [1.807, 2.05) is 0 Å². The van der Waals surface area contributed by atoms with Gasteiger partial charge in [0.1, 0.15) is 18.3 Å². The van der Waals surface area contributed by atoms with Crippen molar-refractivity contribution in [3.8, 4) is 0 Å². The molecule has 2 aromatic heterocycles. The van der Waals surface area contributed by atoms with Gasteiger partial charge in [-0.2, -0.15) is 5.10 Å². The molecule has 0 aromatic carbocycles. The van der Waals surface area contributed by atoms with E-state index in [-0.39, 0.29) is 11.4 Å². The second kappa shape index (κ2) is 8.84. The molecule has 1 saturated carbocycles. The van der Waals surface area contributed by atoms with Crippen molar-refractivity contribution in [2.45, 2.75) is 57.7 Å². The molecule has 1 aliphatic carbocycles. The third kappa shape index (κ3) is 4.98. The predicted molar refractivity (Wildman–Crippen MR) is 102 cm³/mol. The Morgan fingerprint density at radius 2 is 2.00 bits per heavy atom. The van der Waals surface area contributed by atoms with Gasteiger partial charge in [-0.15, -0.1) is 0 Å². The largest absolute Gasteiger partial charge is 0.451 e. The lowest BCUT2D eigenvalue weighted by atomic mass is 9.96. The van der Waals surface area contributed by atoms with Gasteiger partial charge in [-0.05, 0) is 19.8 Å². The molecule has 11 nitrogen and oxygen atoms in total. The summed E-state index contributed by atoms with van der Waals surface area (Å²) in [7, 11) is 1.65. The first-order valence-electron chi connectivity index (χ1n) is 9.53. The van der Waals surface area contributed by atoms with Crippen LogP contribution < -0.4 is 16.2 Å². The zero-order chi connectivity index (χ0) is 21.0. The van der Waals surface area contributed by atoms with Crippen LogP contribution in [0.2, 0.25) is 0 Å². The molecule has 2 heterocycles. The maximum Gasteiger partial charge on any atom is 0.326 e. The van der Waals surface area contributed by atoms with Gasteiger partial charge < -0.3 is 10.1 Å². The topological polar surface area (TPSA) is 137 Å². The summed E-state index contributed by atoms with van der Waals surface area (Å²) in [5, 5.41) is 9.15. The summed E-state index contributed by atoms with van der Waals surface area (Å²) in [6.07, 6.45) is 6.41. The molecule has 3 amide bonds. The van der Waals surface area contributed by atoms with Crippen LogP contribution in [-0.2, 0) is 27.9 Å². The fourth-order valence-electron chi connectivity index (χ4n) is 3.29. The summed E-state index contributed by atoms with van der Waals surface area (Å²) in [6, 6.07) is -0.552. The fourth-order valence-corrected chi connectivity index (χ4v) is 3.29. The van der Waals surface area contributed by atoms with E-state index < -0.39 is 36.1 Å². The molecule has 2 N–H and O–H groups in total. The molecule has 2 aromatic rings. The molecule has 156 valence electrons. The van der Waals surface area contributed by atoms with E-state index in [9.17, 15) is 19.2 Å². The number of nitrogens with zero attached hydrogens (tertiary/aromatic N) is 4.